The summed E-state index contributed by atoms with van der Waals surface area (Å²) in [4.78, 5) is 41.2. The molecule has 1 unspecified atom stereocenters. The van der Waals surface area contributed by atoms with Crippen LogP contribution in [0.25, 0.3) is 0 Å². The quantitative estimate of drug-likeness (QED) is 0.539. The van der Waals surface area contributed by atoms with Crippen LogP contribution in [0.2, 0.25) is 0 Å². The van der Waals surface area contributed by atoms with Gasteiger partial charge in [-0.05, 0) is 36.6 Å². The van der Waals surface area contributed by atoms with Gasteiger partial charge in [-0.2, -0.15) is 0 Å². The number of hydrogen-bond acceptors (Lipinski definition) is 3. The van der Waals surface area contributed by atoms with E-state index in [0.29, 0.717) is 11.3 Å². The van der Waals surface area contributed by atoms with Crippen molar-refractivity contribution >= 4 is 23.5 Å². The summed E-state index contributed by atoms with van der Waals surface area (Å²) in [6, 6.07) is 16.2. The second kappa shape index (κ2) is 8.95. The predicted octanol–water partition coefficient (Wildman–Crippen LogP) is 3.63. The second-order valence-corrected chi connectivity index (χ2v) is 7.52. The van der Waals surface area contributed by atoms with E-state index >= 15 is 0 Å². The van der Waals surface area contributed by atoms with Crippen LogP contribution in [0.15, 0.2) is 67.3 Å². The Morgan fingerprint density at radius 2 is 1.80 bits per heavy atom. The smallest absolute Gasteiger partial charge is 0.319 e. The molecule has 1 heterocycles. The average Bonchev–Trinajstić information content (AvgIpc) is 2.97. The van der Waals surface area contributed by atoms with Crippen LogP contribution in [0, 0.1) is 0 Å². The molecule has 4 amide bonds. The minimum atomic E-state index is -1.20. The van der Waals surface area contributed by atoms with E-state index in [0.717, 1.165) is 17.7 Å². The second-order valence-electron chi connectivity index (χ2n) is 7.52. The summed E-state index contributed by atoms with van der Waals surface area (Å²) >= 11 is 0. The molecule has 0 spiro atoms. The van der Waals surface area contributed by atoms with E-state index < -0.39 is 17.5 Å². The van der Waals surface area contributed by atoms with Gasteiger partial charge in [0, 0.05) is 12.2 Å². The lowest BCUT2D eigenvalue weighted by Crippen LogP contribution is -2.44. The summed E-state index contributed by atoms with van der Waals surface area (Å²) in [5, 5.41) is 2.76. The third kappa shape index (κ3) is 4.13. The van der Waals surface area contributed by atoms with Crippen molar-refractivity contribution in [2.24, 2.45) is 0 Å². The minimum absolute atomic E-state index is 0.280. The number of rotatable bonds is 8. The number of aryl methyl sites for hydroxylation is 1. The Morgan fingerprint density at radius 3 is 2.40 bits per heavy atom. The fourth-order valence-corrected chi connectivity index (χ4v) is 3.64. The number of carbonyl (C=O) groups excluding carboxylic acids is 3. The third-order valence-corrected chi connectivity index (χ3v) is 5.32. The molecule has 30 heavy (non-hydrogen) atoms. The molecular formula is C24H27N3O3. The first-order chi connectivity index (χ1) is 14.4. The maximum atomic E-state index is 13.2. The average molecular weight is 405 g/mol. The van der Waals surface area contributed by atoms with E-state index in [1.54, 1.807) is 25.1 Å². The van der Waals surface area contributed by atoms with Crippen molar-refractivity contribution in [2.75, 3.05) is 18.0 Å². The molecule has 1 atom stereocenters. The summed E-state index contributed by atoms with van der Waals surface area (Å²) < 4.78 is 0. The number of carbonyl (C=O) groups is 3. The van der Waals surface area contributed by atoms with Gasteiger partial charge >= 0.3 is 6.03 Å². The lowest BCUT2D eigenvalue weighted by molar-refractivity contribution is -0.134. The molecular weight excluding hydrogens is 378 g/mol. The van der Waals surface area contributed by atoms with Crippen molar-refractivity contribution < 1.29 is 14.4 Å². The molecule has 1 N–H and O–H groups in total. The highest BCUT2D eigenvalue weighted by Crippen LogP contribution is 2.29. The van der Waals surface area contributed by atoms with Crippen LogP contribution in [0.5, 0.6) is 0 Å². The monoisotopic (exact) mass is 405 g/mol. The number of amides is 4. The summed E-state index contributed by atoms with van der Waals surface area (Å²) in [5.41, 5.74) is 1.36. The first kappa shape index (κ1) is 21.3. The summed E-state index contributed by atoms with van der Waals surface area (Å²) in [5.74, 6) is -0.789. The molecule has 0 bridgehead atoms. The third-order valence-electron chi connectivity index (χ3n) is 5.32. The Morgan fingerprint density at radius 1 is 1.13 bits per heavy atom. The van der Waals surface area contributed by atoms with Crippen LogP contribution in [0.4, 0.5) is 10.5 Å². The van der Waals surface area contributed by atoms with E-state index in [-0.39, 0.29) is 19.0 Å². The van der Waals surface area contributed by atoms with Crippen molar-refractivity contribution in [1.82, 2.24) is 10.2 Å². The number of anilines is 1. The van der Waals surface area contributed by atoms with Gasteiger partial charge in [-0.3, -0.25) is 14.5 Å². The van der Waals surface area contributed by atoms with Crippen LogP contribution in [0.3, 0.4) is 0 Å². The van der Waals surface area contributed by atoms with Gasteiger partial charge in [0.1, 0.15) is 12.1 Å². The number of para-hydroxylation sites is 1. The maximum absolute atomic E-state index is 13.2. The summed E-state index contributed by atoms with van der Waals surface area (Å²) in [6.45, 7) is 7.42. The zero-order chi connectivity index (χ0) is 21.7. The van der Waals surface area contributed by atoms with Crippen molar-refractivity contribution in [3.63, 3.8) is 0 Å². The van der Waals surface area contributed by atoms with Gasteiger partial charge < -0.3 is 10.2 Å². The zero-order valence-electron chi connectivity index (χ0n) is 17.4. The van der Waals surface area contributed by atoms with E-state index in [2.05, 4.69) is 18.8 Å². The van der Waals surface area contributed by atoms with E-state index in [4.69, 9.17) is 0 Å². The van der Waals surface area contributed by atoms with Crippen molar-refractivity contribution in [2.45, 2.75) is 32.2 Å². The lowest BCUT2D eigenvalue weighted by Gasteiger charge is -2.25. The molecule has 3 rings (SSSR count). The molecule has 156 valence electrons. The molecule has 0 aromatic heterocycles. The van der Waals surface area contributed by atoms with Gasteiger partial charge in [0.25, 0.3) is 5.91 Å². The highest BCUT2D eigenvalue weighted by Gasteiger charge is 2.49. The SMILES string of the molecule is C=CCN(C(=O)CN1C(=O)NC(C)(c2ccc(CCC)cc2)C1=O)c1ccccc1. The number of benzene rings is 2. The molecule has 0 aliphatic carbocycles. The fraction of sp³-hybridized carbons (Fsp3) is 0.292. The Balaban J connectivity index is 1.80. The summed E-state index contributed by atoms with van der Waals surface area (Å²) in [7, 11) is 0. The molecule has 0 radical (unpaired) electrons. The molecule has 1 fully saturated rings. The fourth-order valence-electron chi connectivity index (χ4n) is 3.64. The molecule has 0 saturated carbocycles. The lowest BCUT2D eigenvalue weighted by atomic mass is 9.91. The van der Waals surface area contributed by atoms with Gasteiger partial charge in [-0.15, -0.1) is 6.58 Å². The Kier molecular flexibility index (Phi) is 6.35. The number of nitrogens with zero attached hydrogens (tertiary/aromatic N) is 2. The van der Waals surface area contributed by atoms with Gasteiger partial charge in [0.05, 0.1) is 0 Å². The Labute approximate surface area is 177 Å². The van der Waals surface area contributed by atoms with E-state index in [1.165, 1.54) is 10.5 Å². The standard InChI is InChI=1S/C24H27N3O3/c1-4-9-18-12-14-19(15-13-18)24(3)22(29)27(23(30)25-24)17-21(28)26(16-5-2)20-10-7-6-8-11-20/h5-8,10-15H,2,4,9,16-17H2,1,3H3,(H,25,30). The molecule has 6 nitrogen and oxygen atoms in total. The molecule has 2 aromatic carbocycles. The topological polar surface area (TPSA) is 69.7 Å². The first-order valence-electron chi connectivity index (χ1n) is 10.1. The number of urea groups is 1. The Bertz CT molecular complexity index is 940. The summed E-state index contributed by atoms with van der Waals surface area (Å²) in [6.07, 6.45) is 3.60. The number of hydrogen-bond donors (Lipinski definition) is 1. The van der Waals surface area contributed by atoms with Gasteiger partial charge in [-0.1, -0.05) is 61.9 Å². The highest BCUT2D eigenvalue weighted by atomic mass is 16.2. The normalized spacial score (nSPS) is 18.3. The van der Waals surface area contributed by atoms with Crippen LogP contribution in [0.1, 0.15) is 31.4 Å². The van der Waals surface area contributed by atoms with Crippen molar-refractivity contribution in [3.8, 4) is 0 Å². The highest BCUT2D eigenvalue weighted by molar-refractivity contribution is 6.10. The zero-order valence-corrected chi connectivity index (χ0v) is 17.4. The predicted molar refractivity (Wildman–Crippen MR) is 117 cm³/mol. The van der Waals surface area contributed by atoms with E-state index in [1.807, 2.05) is 42.5 Å². The van der Waals surface area contributed by atoms with Gasteiger partial charge in [0.2, 0.25) is 5.91 Å². The van der Waals surface area contributed by atoms with Crippen LogP contribution >= 0.6 is 0 Å². The molecule has 2 aromatic rings. The maximum Gasteiger partial charge on any atom is 0.325 e. The van der Waals surface area contributed by atoms with Gasteiger partial charge in [0.15, 0.2) is 0 Å². The molecule has 1 aliphatic heterocycles. The molecule has 6 heteroatoms. The Hall–Kier alpha value is -3.41. The largest absolute Gasteiger partial charge is 0.325 e. The molecule has 1 saturated heterocycles. The molecule has 1 aliphatic rings. The van der Waals surface area contributed by atoms with Crippen LogP contribution < -0.4 is 10.2 Å². The number of nitrogens with one attached hydrogen (secondary N) is 1. The van der Waals surface area contributed by atoms with Crippen LogP contribution in [-0.4, -0.2) is 35.8 Å². The minimum Gasteiger partial charge on any atom is -0.319 e. The van der Waals surface area contributed by atoms with Crippen LogP contribution in [-0.2, 0) is 21.5 Å². The van der Waals surface area contributed by atoms with Crippen molar-refractivity contribution in [3.05, 3.63) is 78.4 Å². The number of imide groups is 1. The van der Waals surface area contributed by atoms with E-state index in [9.17, 15) is 14.4 Å². The van der Waals surface area contributed by atoms with Crippen molar-refractivity contribution in [1.29, 1.82) is 0 Å². The van der Waals surface area contributed by atoms with Gasteiger partial charge in [-0.25, -0.2) is 4.79 Å². The first-order valence-corrected chi connectivity index (χ1v) is 10.1.